The quantitative estimate of drug-likeness (QED) is 0.396. The van der Waals surface area contributed by atoms with Crippen LogP contribution in [-0.4, -0.2) is 7.11 Å². The molecule has 0 aromatic heterocycles. The van der Waals surface area contributed by atoms with Crippen molar-refractivity contribution in [3.63, 3.8) is 0 Å². The van der Waals surface area contributed by atoms with Gasteiger partial charge in [0.25, 0.3) is 0 Å². The summed E-state index contributed by atoms with van der Waals surface area (Å²) in [4.78, 5) is 0. The van der Waals surface area contributed by atoms with Crippen LogP contribution < -0.4 is 0 Å². The zero-order valence-corrected chi connectivity index (χ0v) is 16.9. The number of halogens is 3. The van der Waals surface area contributed by atoms with E-state index in [9.17, 15) is 18.4 Å². The number of nitrogens with zero attached hydrogens (tertiary/aromatic N) is 1. The van der Waals surface area contributed by atoms with Crippen molar-refractivity contribution in [3.8, 4) is 17.2 Å². The van der Waals surface area contributed by atoms with E-state index >= 15 is 0 Å². The predicted molar refractivity (Wildman–Crippen MR) is 118 cm³/mol. The molecule has 156 valence electrons. The molecule has 0 saturated carbocycles. The van der Waals surface area contributed by atoms with Crippen LogP contribution in [0.4, 0.5) is 13.2 Å². The number of benzene rings is 3. The summed E-state index contributed by atoms with van der Waals surface area (Å²) in [5, 5.41) is 9.73. The van der Waals surface area contributed by atoms with Gasteiger partial charge in [-0.3, -0.25) is 0 Å². The maximum Gasteiger partial charge on any atom is 0.417 e. The Morgan fingerprint density at radius 3 is 2.29 bits per heavy atom. The Kier molecular flexibility index (Phi) is 6.74. The number of hydrogen-bond donors (Lipinski definition) is 0. The fourth-order valence-electron chi connectivity index (χ4n) is 3.41. The van der Waals surface area contributed by atoms with Crippen molar-refractivity contribution in [2.75, 3.05) is 7.11 Å². The normalized spacial score (nSPS) is 11.5. The molecule has 0 fully saturated rings. The number of ether oxygens (including phenoxy) is 1. The molecule has 31 heavy (non-hydrogen) atoms. The smallest absolute Gasteiger partial charge is 0.380 e. The summed E-state index contributed by atoms with van der Waals surface area (Å²) in [5.41, 5.74) is 2.73. The van der Waals surface area contributed by atoms with Gasteiger partial charge in [0.05, 0.1) is 17.7 Å². The number of rotatable bonds is 6. The van der Waals surface area contributed by atoms with Gasteiger partial charge in [0.15, 0.2) is 0 Å². The maximum atomic E-state index is 13.7. The van der Waals surface area contributed by atoms with Crippen molar-refractivity contribution in [1.82, 2.24) is 0 Å². The fraction of sp³-hybridized carbons (Fsp3) is 0.115. The summed E-state index contributed by atoms with van der Waals surface area (Å²) in [5.74, 6) is 0. The molecule has 0 aliphatic rings. The van der Waals surface area contributed by atoms with E-state index in [1.807, 2.05) is 36.4 Å². The minimum Gasteiger partial charge on any atom is -0.380 e. The molecule has 0 bridgehead atoms. The lowest BCUT2D eigenvalue weighted by Crippen LogP contribution is -2.09. The molecule has 0 saturated heterocycles. The summed E-state index contributed by atoms with van der Waals surface area (Å²) >= 11 is 0. The predicted octanol–water partition coefficient (Wildman–Crippen LogP) is 7.20. The van der Waals surface area contributed by atoms with Crippen LogP contribution in [0.2, 0.25) is 0 Å². The highest BCUT2D eigenvalue weighted by Crippen LogP contribution is 2.36. The van der Waals surface area contributed by atoms with Gasteiger partial charge in [-0.05, 0) is 39.9 Å². The second-order valence-corrected chi connectivity index (χ2v) is 6.85. The van der Waals surface area contributed by atoms with Gasteiger partial charge in [-0.25, -0.2) is 0 Å². The summed E-state index contributed by atoms with van der Waals surface area (Å²) < 4.78 is 46.2. The molecule has 0 atom stereocenters. The average Bonchev–Trinajstić information content (AvgIpc) is 2.77. The second kappa shape index (κ2) is 9.46. The zero-order valence-electron chi connectivity index (χ0n) is 16.9. The molecule has 0 aliphatic heterocycles. The van der Waals surface area contributed by atoms with Crippen LogP contribution in [0.5, 0.6) is 0 Å². The van der Waals surface area contributed by atoms with Gasteiger partial charge in [-0.2, -0.15) is 18.4 Å². The Bertz CT molecular complexity index is 1160. The Morgan fingerprint density at radius 2 is 1.68 bits per heavy atom. The topological polar surface area (TPSA) is 33.0 Å². The first-order chi connectivity index (χ1) is 14.9. The number of methoxy groups -OCH3 is 1. The van der Waals surface area contributed by atoms with Crippen LogP contribution in [-0.2, 0) is 17.5 Å². The Hall–Kier alpha value is -3.62. The molecule has 0 heterocycles. The third-order valence-corrected chi connectivity index (χ3v) is 4.87. The van der Waals surface area contributed by atoms with Crippen molar-refractivity contribution in [3.05, 3.63) is 101 Å². The second-order valence-electron chi connectivity index (χ2n) is 6.85. The van der Waals surface area contributed by atoms with Gasteiger partial charge in [-0.15, -0.1) is 0 Å². The van der Waals surface area contributed by atoms with E-state index in [4.69, 9.17) is 4.74 Å². The van der Waals surface area contributed by atoms with Crippen LogP contribution in [0.25, 0.3) is 29.4 Å². The molecule has 3 aromatic carbocycles. The van der Waals surface area contributed by atoms with Crippen LogP contribution in [0.15, 0.2) is 67.2 Å². The molecule has 3 aromatic rings. The summed E-state index contributed by atoms with van der Waals surface area (Å²) in [6, 6.07) is 19.4. The number of hydrogen-bond acceptors (Lipinski definition) is 2. The number of alkyl halides is 3. The van der Waals surface area contributed by atoms with E-state index in [-0.39, 0.29) is 12.2 Å². The molecule has 0 amide bonds. The van der Waals surface area contributed by atoms with Crippen LogP contribution >= 0.6 is 0 Å². The Balaban J connectivity index is 2.13. The van der Waals surface area contributed by atoms with Crippen molar-refractivity contribution in [2.45, 2.75) is 12.8 Å². The molecule has 0 N–H and O–H groups in total. The van der Waals surface area contributed by atoms with Gasteiger partial charge >= 0.3 is 6.18 Å². The van der Waals surface area contributed by atoms with E-state index in [1.54, 1.807) is 18.2 Å². The molecule has 0 unspecified atom stereocenters. The molecule has 2 nitrogen and oxygen atoms in total. The molecular formula is C26H20F3NO. The standard InChI is InChI=1S/C26H20F3NO/c1-3-18-15-25(26(27,28)29)21(14-22(18)17-31-2)13-12-20-10-7-11-23(24(20)16-30)19-8-5-4-6-9-19/h3-15H,1,17H2,2H3/b13-12+. The van der Waals surface area contributed by atoms with Gasteiger partial charge in [0, 0.05) is 12.7 Å². The monoisotopic (exact) mass is 419 g/mol. The van der Waals surface area contributed by atoms with E-state index in [2.05, 4.69) is 12.6 Å². The van der Waals surface area contributed by atoms with E-state index in [1.165, 1.54) is 25.3 Å². The summed E-state index contributed by atoms with van der Waals surface area (Å²) in [6.45, 7) is 3.76. The van der Waals surface area contributed by atoms with Gasteiger partial charge in [0.1, 0.15) is 6.07 Å². The summed E-state index contributed by atoms with van der Waals surface area (Å²) in [7, 11) is 1.48. The van der Waals surface area contributed by atoms with Crippen LogP contribution in [0.3, 0.4) is 0 Å². The lowest BCUT2D eigenvalue weighted by atomic mass is 9.94. The van der Waals surface area contributed by atoms with E-state index in [0.717, 1.165) is 17.2 Å². The zero-order chi connectivity index (χ0) is 22.4. The molecular weight excluding hydrogens is 399 g/mol. The lowest BCUT2D eigenvalue weighted by Gasteiger charge is -2.15. The van der Waals surface area contributed by atoms with Crippen molar-refractivity contribution < 1.29 is 17.9 Å². The largest absolute Gasteiger partial charge is 0.417 e. The average molecular weight is 419 g/mol. The molecule has 0 spiro atoms. The van der Waals surface area contributed by atoms with Gasteiger partial charge in [0.2, 0.25) is 0 Å². The van der Waals surface area contributed by atoms with Crippen LogP contribution in [0.1, 0.15) is 33.4 Å². The fourth-order valence-corrected chi connectivity index (χ4v) is 3.41. The van der Waals surface area contributed by atoms with Crippen molar-refractivity contribution in [1.29, 1.82) is 5.26 Å². The van der Waals surface area contributed by atoms with Gasteiger partial charge in [-0.1, -0.05) is 73.3 Å². The Morgan fingerprint density at radius 1 is 0.968 bits per heavy atom. The van der Waals surface area contributed by atoms with E-state index in [0.29, 0.717) is 22.3 Å². The molecule has 3 rings (SSSR count). The first-order valence-corrected chi connectivity index (χ1v) is 9.51. The summed E-state index contributed by atoms with van der Waals surface area (Å²) in [6.07, 6.45) is -0.222. The third-order valence-electron chi connectivity index (χ3n) is 4.87. The van der Waals surface area contributed by atoms with Crippen LogP contribution in [0, 0.1) is 11.3 Å². The number of nitriles is 1. The minimum absolute atomic E-state index is 0.000783. The molecule has 5 heteroatoms. The van der Waals surface area contributed by atoms with Crippen molar-refractivity contribution in [2.24, 2.45) is 0 Å². The maximum absolute atomic E-state index is 13.7. The lowest BCUT2D eigenvalue weighted by molar-refractivity contribution is -0.137. The highest BCUT2D eigenvalue weighted by Gasteiger charge is 2.33. The Labute approximate surface area is 179 Å². The van der Waals surface area contributed by atoms with E-state index < -0.39 is 11.7 Å². The molecule has 0 radical (unpaired) electrons. The first-order valence-electron chi connectivity index (χ1n) is 9.51. The first kappa shape index (κ1) is 22.1. The van der Waals surface area contributed by atoms with Crippen molar-refractivity contribution >= 4 is 18.2 Å². The highest BCUT2D eigenvalue weighted by atomic mass is 19.4. The SMILES string of the molecule is C=Cc1cc(C(F)(F)F)c(/C=C/c2cccc(-c3ccccc3)c2C#N)cc1COC. The third kappa shape index (κ3) is 4.93. The highest BCUT2D eigenvalue weighted by molar-refractivity contribution is 5.81. The van der Waals surface area contributed by atoms with Gasteiger partial charge < -0.3 is 4.74 Å². The molecule has 0 aliphatic carbocycles. The minimum atomic E-state index is -4.53.